The van der Waals surface area contributed by atoms with Gasteiger partial charge in [0, 0.05) is 5.92 Å². The summed E-state index contributed by atoms with van der Waals surface area (Å²) in [5.74, 6) is -0.317. The zero-order valence-corrected chi connectivity index (χ0v) is 6.92. The Morgan fingerprint density at radius 2 is 1.92 bits per heavy atom. The summed E-state index contributed by atoms with van der Waals surface area (Å²) < 4.78 is 5.05. The number of hydrogen-bond donors (Lipinski definition) is 4. The van der Waals surface area contributed by atoms with Crippen LogP contribution in [0.15, 0.2) is 0 Å². The van der Waals surface area contributed by atoms with Gasteiger partial charge in [-0.15, -0.1) is 0 Å². The van der Waals surface area contributed by atoms with Crippen LogP contribution >= 0.6 is 0 Å². The van der Waals surface area contributed by atoms with Crippen molar-refractivity contribution in [1.82, 2.24) is 0 Å². The molecule has 0 aliphatic carbocycles. The molecule has 5 nitrogen and oxygen atoms in total. The van der Waals surface area contributed by atoms with E-state index in [1.54, 1.807) is 6.92 Å². The molecule has 0 radical (unpaired) electrons. The van der Waals surface area contributed by atoms with E-state index in [0.717, 1.165) is 0 Å². The van der Waals surface area contributed by atoms with E-state index in [4.69, 9.17) is 15.6 Å². The molecule has 0 spiro atoms. The molecule has 72 valence electrons. The Morgan fingerprint density at radius 3 is 2.42 bits per heavy atom. The summed E-state index contributed by atoms with van der Waals surface area (Å²) in [6, 6.07) is 0. The largest absolute Gasteiger partial charge is 0.394 e. The van der Waals surface area contributed by atoms with Crippen LogP contribution in [-0.2, 0) is 4.74 Å². The van der Waals surface area contributed by atoms with Crippen LogP contribution in [0.5, 0.6) is 0 Å². The Morgan fingerprint density at radius 1 is 1.33 bits per heavy atom. The molecule has 1 fully saturated rings. The van der Waals surface area contributed by atoms with Crippen LogP contribution < -0.4 is 5.73 Å². The molecular weight excluding hydrogens is 162 g/mol. The fraction of sp³-hybridized carbons (Fsp3) is 1.00. The zero-order chi connectivity index (χ0) is 9.30. The van der Waals surface area contributed by atoms with Crippen molar-refractivity contribution in [3.05, 3.63) is 0 Å². The SMILES string of the molecule is C[C@H]1[C@@H](N)O[C@H](CO)C(O)[C@@H]1O. The van der Waals surface area contributed by atoms with Crippen LogP contribution in [0.1, 0.15) is 6.92 Å². The number of nitrogens with two attached hydrogens (primary N) is 1. The molecule has 1 unspecified atom stereocenters. The third-order valence-electron chi connectivity index (χ3n) is 2.30. The lowest BCUT2D eigenvalue weighted by atomic mass is 9.92. The van der Waals surface area contributed by atoms with E-state index in [1.165, 1.54) is 0 Å². The molecule has 1 aliphatic rings. The highest BCUT2D eigenvalue weighted by molar-refractivity contribution is 4.87. The molecule has 5 N–H and O–H groups in total. The number of aliphatic hydroxyl groups excluding tert-OH is 3. The van der Waals surface area contributed by atoms with Gasteiger partial charge in [0.1, 0.15) is 18.4 Å². The molecule has 0 saturated carbocycles. The van der Waals surface area contributed by atoms with Gasteiger partial charge in [-0.1, -0.05) is 6.92 Å². The first-order valence-electron chi connectivity index (χ1n) is 3.96. The average molecular weight is 177 g/mol. The molecular formula is C7H15NO4. The van der Waals surface area contributed by atoms with Crippen LogP contribution in [0.2, 0.25) is 0 Å². The summed E-state index contributed by atoms with van der Waals surface area (Å²) >= 11 is 0. The average Bonchev–Trinajstić information content (AvgIpc) is 2.08. The minimum atomic E-state index is -1.05. The molecule has 1 aliphatic heterocycles. The molecule has 0 amide bonds. The quantitative estimate of drug-likeness (QED) is 0.372. The number of aliphatic hydroxyl groups is 3. The van der Waals surface area contributed by atoms with Gasteiger partial charge in [-0.2, -0.15) is 0 Å². The van der Waals surface area contributed by atoms with Gasteiger partial charge >= 0.3 is 0 Å². The Bertz CT molecular complexity index is 150. The summed E-state index contributed by atoms with van der Waals surface area (Å²) in [5.41, 5.74) is 5.49. The molecule has 0 bridgehead atoms. The number of ether oxygens (including phenoxy) is 1. The number of hydrogen-bond acceptors (Lipinski definition) is 5. The lowest BCUT2D eigenvalue weighted by Crippen LogP contribution is -2.57. The summed E-state index contributed by atoms with van der Waals surface area (Å²) in [6.45, 7) is 1.35. The molecule has 1 heterocycles. The van der Waals surface area contributed by atoms with Gasteiger partial charge in [-0.25, -0.2) is 0 Å². The maximum Gasteiger partial charge on any atom is 0.111 e. The third kappa shape index (κ3) is 1.60. The topological polar surface area (TPSA) is 95.9 Å². The van der Waals surface area contributed by atoms with Gasteiger partial charge in [0.15, 0.2) is 0 Å². The summed E-state index contributed by atoms with van der Waals surface area (Å²) in [4.78, 5) is 0. The van der Waals surface area contributed by atoms with Crippen LogP contribution in [0.25, 0.3) is 0 Å². The maximum atomic E-state index is 9.40. The molecule has 0 aromatic carbocycles. The van der Waals surface area contributed by atoms with Crippen molar-refractivity contribution in [3.8, 4) is 0 Å². The van der Waals surface area contributed by atoms with E-state index in [2.05, 4.69) is 0 Å². The van der Waals surface area contributed by atoms with E-state index >= 15 is 0 Å². The van der Waals surface area contributed by atoms with Crippen molar-refractivity contribution in [2.75, 3.05) is 6.61 Å². The standard InChI is InChI=1S/C7H15NO4/c1-3-5(10)6(11)4(2-9)12-7(3)8/h3-7,9-11H,2,8H2,1H3/t3-,4-,5-,6?,7+/m1/s1. The van der Waals surface area contributed by atoms with E-state index in [-0.39, 0.29) is 12.5 Å². The fourth-order valence-corrected chi connectivity index (χ4v) is 1.28. The van der Waals surface area contributed by atoms with E-state index in [0.29, 0.717) is 0 Å². The smallest absolute Gasteiger partial charge is 0.111 e. The van der Waals surface area contributed by atoms with Crippen molar-refractivity contribution < 1.29 is 20.1 Å². The second-order valence-electron chi connectivity index (χ2n) is 3.16. The second-order valence-corrected chi connectivity index (χ2v) is 3.16. The highest BCUT2D eigenvalue weighted by Gasteiger charge is 2.40. The first-order chi connectivity index (χ1) is 5.57. The predicted octanol–water partition coefficient (Wildman–Crippen LogP) is -1.98. The van der Waals surface area contributed by atoms with Crippen LogP contribution in [-0.4, -0.2) is 46.5 Å². The Balaban J connectivity index is 2.63. The fourth-order valence-electron chi connectivity index (χ4n) is 1.28. The Hall–Kier alpha value is -0.200. The minimum absolute atomic E-state index is 0.317. The molecule has 0 aromatic heterocycles. The molecule has 0 aromatic rings. The van der Waals surface area contributed by atoms with E-state index in [9.17, 15) is 10.2 Å². The maximum absolute atomic E-state index is 9.40. The lowest BCUT2D eigenvalue weighted by Gasteiger charge is -2.39. The van der Waals surface area contributed by atoms with Gasteiger partial charge < -0.3 is 25.8 Å². The minimum Gasteiger partial charge on any atom is -0.394 e. The lowest BCUT2D eigenvalue weighted by molar-refractivity contribution is -0.203. The van der Waals surface area contributed by atoms with Gasteiger partial charge in [0.05, 0.1) is 12.7 Å². The molecule has 1 rings (SSSR count). The molecule has 12 heavy (non-hydrogen) atoms. The van der Waals surface area contributed by atoms with Crippen molar-refractivity contribution in [1.29, 1.82) is 0 Å². The zero-order valence-electron chi connectivity index (χ0n) is 6.92. The van der Waals surface area contributed by atoms with Crippen molar-refractivity contribution in [3.63, 3.8) is 0 Å². The van der Waals surface area contributed by atoms with Crippen molar-refractivity contribution in [2.24, 2.45) is 11.7 Å². The normalized spacial score (nSPS) is 49.2. The molecule has 5 atom stereocenters. The molecule has 1 saturated heterocycles. The van der Waals surface area contributed by atoms with Gasteiger partial charge in [0.2, 0.25) is 0 Å². The second kappa shape index (κ2) is 3.68. The first-order valence-corrected chi connectivity index (χ1v) is 3.96. The summed E-state index contributed by atoms with van der Waals surface area (Å²) in [7, 11) is 0. The number of rotatable bonds is 1. The third-order valence-corrected chi connectivity index (χ3v) is 2.30. The highest BCUT2D eigenvalue weighted by atomic mass is 16.5. The molecule has 5 heteroatoms. The van der Waals surface area contributed by atoms with Crippen molar-refractivity contribution >= 4 is 0 Å². The van der Waals surface area contributed by atoms with E-state index in [1.807, 2.05) is 0 Å². The van der Waals surface area contributed by atoms with Gasteiger partial charge in [-0.3, -0.25) is 0 Å². The highest BCUT2D eigenvalue weighted by Crippen LogP contribution is 2.22. The predicted molar refractivity (Wildman–Crippen MR) is 41.1 cm³/mol. The van der Waals surface area contributed by atoms with Gasteiger partial charge in [-0.05, 0) is 0 Å². The first kappa shape index (κ1) is 9.88. The summed E-state index contributed by atoms with van der Waals surface area (Å²) in [5, 5.41) is 27.5. The van der Waals surface area contributed by atoms with Crippen LogP contribution in [0, 0.1) is 5.92 Å². The Kier molecular flexibility index (Phi) is 3.03. The van der Waals surface area contributed by atoms with Crippen LogP contribution in [0.4, 0.5) is 0 Å². The van der Waals surface area contributed by atoms with Crippen molar-refractivity contribution in [2.45, 2.75) is 31.5 Å². The Labute approximate surface area is 70.8 Å². The summed E-state index contributed by atoms with van der Waals surface area (Å²) in [6.07, 6.45) is -3.37. The van der Waals surface area contributed by atoms with Gasteiger partial charge in [0.25, 0.3) is 0 Å². The van der Waals surface area contributed by atoms with Crippen LogP contribution in [0.3, 0.4) is 0 Å². The van der Waals surface area contributed by atoms with E-state index < -0.39 is 24.5 Å². The monoisotopic (exact) mass is 177 g/mol.